The molecule has 14 nitrogen and oxygen atoms in total. The van der Waals surface area contributed by atoms with Crippen LogP contribution in [0.2, 0.25) is 0 Å². The molecule has 1 aliphatic heterocycles. The number of carbonyl (C=O) groups is 1. The van der Waals surface area contributed by atoms with E-state index < -0.39 is 50.3 Å². The number of methoxy groups -OCH3 is 1. The fraction of sp³-hybridized carbons (Fsp3) is 0.391. The van der Waals surface area contributed by atoms with Crippen LogP contribution in [-0.4, -0.2) is 82.1 Å². The van der Waals surface area contributed by atoms with Gasteiger partial charge in [-0.05, 0) is 37.9 Å². The number of rotatable bonds is 11. The molecule has 0 amide bonds. The van der Waals surface area contributed by atoms with Crippen LogP contribution in [0.3, 0.4) is 0 Å². The van der Waals surface area contributed by atoms with Crippen LogP contribution in [0.5, 0.6) is 5.75 Å². The quantitative estimate of drug-likeness (QED) is 0.149. The fourth-order valence-electron chi connectivity index (χ4n) is 4.23. The molecule has 4 rings (SSSR count). The molecule has 0 saturated carbocycles. The number of fused-ring (bicyclic) bond motifs is 1. The lowest BCUT2D eigenvalue weighted by molar-refractivity contribution is -0.142. The van der Waals surface area contributed by atoms with Crippen molar-refractivity contribution in [1.29, 1.82) is 0 Å². The number of nitrogens with two attached hydrogens (primary N) is 1. The number of aliphatic hydroxyl groups excluding tert-OH is 2. The zero-order valence-corrected chi connectivity index (χ0v) is 21.6. The first-order valence-electron chi connectivity index (χ1n) is 11.5. The van der Waals surface area contributed by atoms with E-state index in [1.54, 1.807) is 42.5 Å². The van der Waals surface area contributed by atoms with Gasteiger partial charge in [-0.2, -0.15) is 10.2 Å². The van der Waals surface area contributed by atoms with Crippen molar-refractivity contribution in [3.05, 3.63) is 54.5 Å². The fourth-order valence-corrected chi connectivity index (χ4v) is 5.73. The molecule has 2 aromatic heterocycles. The maximum Gasteiger partial charge on any atom is 0.459 e. The predicted octanol–water partition coefficient (Wildman–Crippen LogP) is 0.683. The number of nitrogens with one attached hydrogen (secondary N) is 1. The summed E-state index contributed by atoms with van der Waals surface area (Å²) in [5.74, 6) is -0.295. The summed E-state index contributed by atoms with van der Waals surface area (Å²) in [6.45, 7) is 4.28. The molecular weight excluding hydrogens is 519 g/mol. The molecule has 0 spiro atoms. The topological polar surface area (TPSA) is 192 Å². The minimum atomic E-state index is -4.23. The summed E-state index contributed by atoms with van der Waals surface area (Å²) >= 11 is 0. The highest BCUT2D eigenvalue weighted by Crippen LogP contribution is 2.47. The molecule has 1 fully saturated rings. The maximum absolute atomic E-state index is 13.7. The number of carbonyl (C=O) groups excluding carboxylic acids is 1. The number of aliphatic imine (C=N–C) groups is 1. The van der Waals surface area contributed by atoms with Crippen LogP contribution >= 0.6 is 7.75 Å². The number of hydrogen-bond acceptors (Lipinski definition) is 12. The number of esters is 1. The molecule has 0 bridgehead atoms. The Hall–Kier alpha value is -3.39. The standard InChI is InChI=1S/C23H29N6O8P/c1-14(22(32)34-3)28-38(33,37-15-7-5-4-6-8-15)35-11-17-19(30)20(31)23(36-17,12-25-2)18-10-9-16-21(24)26-13-27-29(16)18/h4-10,13-14,17,19-20,30-31H,2,11-12H2,1,3H3,(H,28,33)(H2,24,26,27)/t14-,17+,19+,20+,23-,38?/m0/s1. The van der Waals surface area contributed by atoms with Crippen LogP contribution in [-0.2, 0) is 29.0 Å². The number of benzene rings is 1. The zero-order chi connectivity index (χ0) is 27.5. The SMILES string of the molecule is C=NC[C@@]1(c2ccc3c(N)ncnn23)O[C@H](COP(=O)(N[C@@H](C)C(=O)OC)Oc2ccccc2)[C@@H](O)[C@H]1O. The van der Waals surface area contributed by atoms with Gasteiger partial charge in [0.05, 0.1) is 26.0 Å². The van der Waals surface area contributed by atoms with Gasteiger partial charge in [0, 0.05) is 0 Å². The lowest BCUT2D eigenvalue weighted by atomic mass is 9.91. The first kappa shape index (κ1) is 27.6. The number of anilines is 1. The molecule has 1 saturated heterocycles. The van der Waals surface area contributed by atoms with Crippen LogP contribution in [0.25, 0.3) is 5.52 Å². The van der Waals surface area contributed by atoms with E-state index in [0.717, 1.165) is 0 Å². The number of nitrogen functional groups attached to an aromatic ring is 1. The number of ether oxygens (including phenoxy) is 2. The molecule has 3 heterocycles. The lowest BCUT2D eigenvalue weighted by Gasteiger charge is -2.30. The molecule has 204 valence electrons. The lowest BCUT2D eigenvalue weighted by Crippen LogP contribution is -2.44. The summed E-state index contributed by atoms with van der Waals surface area (Å²) in [4.78, 5) is 19.8. The van der Waals surface area contributed by atoms with Crippen molar-refractivity contribution in [1.82, 2.24) is 19.7 Å². The molecule has 3 aromatic rings. The number of aliphatic hydroxyl groups is 2. The zero-order valence-electron chi connectivity index (χ0n) is 20.7. The summed E-state index contributed by atoms with van der Waals surface area (Å²) in [5.41, 5.74) is 5.13. The highest BCUT2D eigenvalue weighted by atomic mass is 31.2. The predicted molar refractivity (Wildman–Crippen MR) is 136 cm³/mol. The van der Waals surface area contributed by atoms with Gasteiger partial charge in [-0.15, -0.1) is 0 Å². The largest absolute Gasteiger partial charge is 0.468 e. The van der Waals surface area contributed by atoms with E-state index in [9.17, 15) is 19.6 Å². The minimum absolute atomic E-state index is 0.159. The maximum atomic E-state index is 13.7. The van der Waals surface area contributed by atoms with Crippen molar-refractivity contribution in [2.24, 2.45) is 4.99 Å². The summed E-state index contributed by atoms with van der Waals surface area (Å²) in [6, 6.07) is 10.4. The molecule has 1 aliphatic rings. The Labute approximate surface area is 218 Å². The third kappa shape index (κ3) is 5.27. The van der Waals surface area contributed by atoms with Gasteiger partial charge in [0.15, 0.2) is 11.4 Å². The van der Waals surface area contributed by atoms with Gasteiger partial charge in [-0.25, -0.2) is 14.1 Å². The third-order valence-electron chi connectivity index (χ3n) is 6.09. The number of para-hydroxylation sites is 1. The van der Waals surface area contributed by atoms with E-state index in [0.29, 0.717) is 11.2 Å². The van der Waals surface area contributed by atoms with E-state index in [1.807, 2.05) is 0 Å². The average Bonchev–Trinajstić information content (AvgIpc) is 3.44. The molecule has 15 heteroatoms. The Morgan fingerprint density at radius 1 is 1.34 bits per heavy atom. The van der Waals surface area contributed by atoms with E-state index in [1.165, 1.54) is 24.9 Å². The molecule has 0 radical (unpaired) electrons. The third-order valence-corrected chi connectivity index (χ3v) is 7.73. The van der Waals surface area contributed by atoms with Gasteiger partial charge >= 0.3 is 13.7 Å². The second-order valence-electron chi connectivity index (χ2n) is 8.60. The second kappa shape index (κ2) is 11.2. The Bertz CT molecular complexity index is 1340. The summed E-state index contributed by atoms with van der Waals surface area (Å²) < 4.78 is 37.1. The van der Waals surface area contributed by atoms with Gasteiger partial charge in [0.25, 0.3) is 0 Å². The van der Waals surface area contributed by atoms with E-state index in [-0.39, 0.29) is 18.1 Å². The van der Waals surface area contributed by atoms with Crippen molar-refractivity contribution in [3.63, 3.8) is 0 Å². The highest BCUT2D eigenvalue weighted by Gasteiger charge is 2.57. The smallest absolute Gasteiger partial charge is 0.459 e. The monoisotopic (exact) mass is 548 g/mol. The Morgan fingerprint density at radius 2 is 2.08 bits per heavy atom. The van der Waals surface area contributed by atoms with Crippen molar-refractivity contribution in [2.45, 2.75) is 36.9 Å². The van der Waals surface area contributed by atoms with Crippen molar-refractivity contribution >= 4 is 31.8 Å². The van der Waals surface area contributed by atoms with Crippen molar-refractivity contribution < 1.29 is 38.1 Å². The number of hydrogen-bond donors (Lipinski definition) is 4. The van der Waals surface area contributed by atoms with Gasteiger partial charge < -0.3 is 29.9 Å². The average molecular weight is 548 g/mol. The van der Waals surface area contributed by atoms with Crippen molar-refractivity contribution in [3.8, 4) is 5.75 Å². The Kier molecular flexibility index (Phi) is 8.11. The molecule has 1 unspecified atom stereocenters. The summed E-state index contributed by atoms with van der Waals surface area (Å²) in [7, 11) is -3.04. The van der Waals surface area contributed by atoms with Crippen LogP contribution in [0, 0.1) is 0 Å². The number of aromatic nitrogens is 3. The van der Waals surface area contributed by atoms with Crippen LogP contribution < -0.4 is 15.3 Å². The Morgan fingerprint density at radius 3 is 2.76 bits per heavy atom. The van der Waals surface area contributed by atoms with Crippen molar-refractivity contribution in [2.75, 3.05) is 26.0 Å². The van der Waals surface area contributed by atoms with Crippen LogP contribution in [0.1, 0.15) is 12.6 Å². The van der Waals surface area contributed by atoms with Crippen LogP contribution in [0.4, 0.5) is 5.82 Å². The van der Waals surface area contributed by atoms with E-state index in [2.05, 4.69) is 31.6 Å². The van der Waals surface area contributed by atoms with Gasteiger partial charge in [0.1, 0.15) is 41.9 Å². The summed E-state index contributed by atoms with van der Waals surface area (Å²) in [5, 5.41) is 28.8. The molecule has 5 N–H and O–H groups in total. The first-order chi connectivity index (χ1) is 18.1. The second-order valence-corrected chi connectivity index (χ2v) is 10.3. The molecule has 1 aromatic carbocycles. The summed E-state index contributed by atoms with van der Waals surface area (Å²) in [6.07, 6.45) is -2.96. The molecule has 6 atom stereocenters. The highest BCUT2D eigenvalue weighted by molar-refractivity contribution is 7.52. The molecule has 38 heavy (non-hydrogen) atoms. The molecule has 0 aliphatic carbocycles. The van der Waals surface area contributed by atoms with E-state index >= 15 is 0 Å². The van der Waals surface area contributed by atoms with Crippen LogP contribution in [0.15, 0.2) is 53.8 Å². The van der Waals surface area contributed by atoms with Gasteiger partial charge in [-0.3, -0.25) is 14.3 Å². The van der Waals surface area contributed by atoms with Gasteiger partial charge in [-0.1, -0.05) is 18.2 Å². The normalized spacial score (nSPS) is 25.5. The Balaban J connectivity index is 1.61. The first-order valence-corrected chi connectivity index (χ1v) is 13.1. The number of nitrogens with zero attached hydrogens (tertiary/aromatic N) is 4. The minimum Gasteiger partial charge on any atom is -0.468 e. The van der Waals surface area contributed by atoms with Gasteiger partial charge in [0.2, 0.25) is 0 Å². The van der Waals surface area contributed by atoms with E-state index in [4.69, 9.17) is 19.5 Å². The molecular formula is C23H29N6O8P.